The van der Waals surface area contributed by atoms with Crippen LogP contribution in [0.25, 0.3) is 0 Å². The van der Waals surface area contributed by atoms with Crippen molar-refractivity contribution >= 4 is 11.7 Å². The molecule has 1 aliphatic heterocycles. The first-order valence-corrected chi connectivity index (χ1v) is 9.30. The lowest BCUT2D eigenvalue weighted by molar-refractivity contribution is -0.116. The summed E-state index contributed by atoms with van der Waals surface area (Å²) in [5.41, 5.74) is 2.20. The number of fused-ring (bicyclic) bond motifs is 1. The average Bonchev–Trinajstić information content (AvgIpc) is 3.03. The number of aromatic nitrogens is 3. The van der Waals surface area contributed by atoms with Gasteiger partial charge in [0, 0.05) is 24.6 Å². The van der Waals surface area contributed by atoms with Gasteiger partial charge in [-0.3, -0.25) is 24.4 Å². The number of anilines is 1. The number of pyridine rings is 1. The van der Waals surface area contributed by atoms with Crippen molar-refractivity contribution in [1.82, 2.24) is 14.8 Å². The van der Waals surface area contributed by atoms with E-state index in [-0.39, 0.29) is 29.8 Å². The molecule has 1 unspecified atom stereocenters. The molecule has 144 valence electrons. The van der Waals surface area contributed by atoms with Gasteiger partial charge in [-0.15, -0.1) is 0 Å². The maximum absolute atomic E-state index is 12.5. The summed E-state index contributed by atoms with van der Waals surface area (Å²) < 4.78 is 7.48. The van der Waals surface area contributed by atoms with Gasteiger partial charge < -0.3 is 10.1 Å². The van der Waals surface area contributed by atoms with Gasteiger partial charge in [0.1, 0.15) is 18.2 Å². The van der Waals surface area contributed by atoms with Crippen molar-refractivity contribution in [2.24, 2.45) is 0 Å². The van der Waals surface area contributed by atoms with Crippen molar-refractivity contribution in [2.75, 3.05) is 5.32 Å². The Bertz CT molecular complexity index is 1040. The number of nitrogens with zero attached hydrogens (tertiary/aromatic N) is 2. The summed E-state index contributed by atoms with van der Waals surface area (Å²) in [6, 6.07) is 13.3. The first kappa shape index (κ1) is 18.0. The highest BCUT2D eigenvalue weighted by molar-refractivity contribution is 5.94. The number of rotatable bonds is 5. The van der Waals surface area contributed by atoms with Crippen LogP contribution in [0.3, 0.4) is 0 Å². The fraction of sp³-hybridized carbons (Fsp3) is 0.286. The molecule has 2 aromatic heterocycles. The highest BCUT2D eigenvalue weighted by Gasteiger charge is 2.32. The minimum atomic E-state index is -0.280. The van der Waals surface area contributed by atoms with Crippen LogP contribution in [-0.4, -0.2) is 20.7 Å². The Balaban J connectivity index is 1.58. The number of H-pyrrole nitrogens is 1. The minimum absolute atomic E-state index is 0.0397. The van der Waals surface area contributed by atoms with Crippen LogP contribution in [0, 0.1) is 0 Å². The van der Waals surface area contributed by atoms with Crippen molar-refractivity contribution in [3.8, 4) is 5.75 Å². The molecule has 3 aromatic rings. The first-order chi connectivity index (χ1) is 13.5. The quantitative estimate of drug-likeness (QED) is 0.713. The molecule has 0 saturated carbocycles. The summed E-state index contributed by atoms with van der Waals surface area (Å²) in [7, 11) is 0. The SMILES string of the molecule is CC(C)n1[nH]c(=O)c2c1NC(=O)CC2c1ccc(OCc2ccccn2)cc1. The molecule has 1 aromatic carbocycles. The van der Waals surface area contributed by atoms with E-state index in [4.69, 9.17) is 4.74 Å². The van der Waals surface area contributed by atoms with Gasteiger partial charge in [-0.05, 0) is 43.7 Å². The van der Waals surface area contributed by atoms with E-state index >= 15 is 0 Å². The molecule has 7 heteroatoms. The van der Waals surface area contributed by atoms with Crippen molar-refractivity contribution in [3.63, 3.8) is 0 Å². The van der Waals surface area contributed by atoms with Crippen LogP contribution >= 0.6 is 0 Å². The smallest absolute Gasteiger partial charge is 0.270 e. The molecular weight excluding hydrogens is 356 g/mol. The standard InChI is InChI=1S/C21H22N4O3/c1-13(2)25-20-19(21(27)24-25)17(11-18(26)23-20)14-6-8-16(9-7-14)28-12-15-5-3-4-10-22-15/h3-10,13,17H,11-12H2,1-2H3,(H,23,26)(H,24,27). The van der Waals surface area contributed by atoms with Gasteiger partial charge in [0.25, 0.3) is 5.56 Å². The van der Waals surface area contributed by atoms with Crippen molar-refractivity contribution < 1.29 is 9.53 Å². The monoisotopic (exact) mass is 378 g/mol. The molecule has 28 heavy (non-hydrogen) atoms. The highest BCUT2D eigenvalue weighted by atomic mass is 16.5. The van der Waals surface area contributed by atoms with Gasteiger partial charge in [0.15, 0.2) is 0 Å². The number of amides is 1. The predicted molar refractivity (Wildman–Crippen MR) is 106 cm³/mol. The topological polar surface area (TPSA) is 89.0 Å². The molecule has 0 radical (unpaired) electrons. The zero-order valence-corrected chi connectivity index (χ0v) is 15.8. The number of hydrogen-bond donors (Lipinski definition) is 2. The summed E-state index contributed by atoms with van der Waals surface area (Å²) in [4.78, 5) is 29.0. The average molecular weight is 378 g/mol. The Labute approximate surface area is 162 Å². The van der Waals surface area contributed by atoms with Gasteiger partial charge >= 0.3 is 0 Å². The molecular formula is C21H22N4O3. The summed E-state index contributed by atoms with van der Waals surface area (Å²) >= 11 is 0. The summed E-state index contributed by atoms with van der Waals surface area (Å²) in [6.45, 7) is 4.30. The fourth-order valence-corrected chi connectivity index (χ4v) is 3.49. The molecule has 0 spiro atoms. The van der Waals surface area contributed by atoms with Crippen LogP contribution in [0.5, 0.6) is 5.75 Å². The molecule has 7 nitrogen and oxygen atoms in total. The molecule has 1 atom stereocenters. The van der Waals surface area contributed by atoms with Crippen LogP contribution in [0.1, 0.15) is 49.0 Å². The lowest BCUT2D eigenvalue weighted by Gasteiger charge is -2.24. The van der Waals surface area contributed by atoms with Gasteiger partial charge in [-0.1, -0.05) is 18.2 Å². The van der Waals surface area contributed by atoms with Gasteiger partial charge in [0.2, 0.25) is 5.91 Å². The van der Waals surface area contributed by atoms with E-state index in [1.165, 1.54) is 0 Å². The van der Waals surface area contributed by atoms with E-state index in [0.717, 1.165) is 11.3 Å². The third-order valence-corrected chi connectivity index (χ3v) is 4.87. The maximum Gasteiger partial charge on any atom is 0.270 e. The van der Waals surface area contributed by atoms with E-state index in [1.54, 1.807) is 10.9 Å². The van der Waals surface area contributed by atoms with Gasteiger partial charge in [0.05, 0.1) is 11.3 Å². The molecule has 1 aliphatic rings. The van der Waals surface area contributed by atoms with E-state index in [2.05, 4.69) is 15.4 Å². The van der Waals surface area contributed by atoms with Crippen LogP contribution in [0.4, 0.5) is 5.82 Å². The number of hydrogen-bond acceptors (Lipinski definition) is 4. The van der Waals surface area contributed by atoms with Crippen LogP contribution < -0.4 is 15.6 Å². The normalized spacial score (nSPS) is 16.0. The largest absolute Gasteiger partial charge is 0.487 e. The second-order valence-electron chi connectivity index (χ2n) is 7.15. The Morgan fingerprint density at radius 2 is 1.96 bits per heavy atom. The number of carbonyl (C=O) groups is 1. The Hall–Kier alpha value is -3.35. The number of aromatic amines is 1. The summed E-state index contributed by atoms with van der Waals surface area (Å²) in [6.07, 6.45) is 1.97. The zero-order valence-electron chi connectivity index (χ0n) is 15.8. The molecule has 0 fully saturated rings. The van der Waals surface area contributed by atoms with E-state index < -0.39 is 0 Å². The maximum atomic E-state index is 12.5. The fourth-order valence-electron chi connectivity index (χ4n) is 3.49. The Morgan fingerprint density at radius 1 is 1.18 bits per heavy atom. The molecule has 4 rings (SSSR count). The number of benzene rings is 1. The summed E-state index contributed by atoms with van der Waals surface area (Å²) in [5.74, 6) is 0.902. The van der Waals surface area contributed by atoms with Crippen molar-refractivity contribution in [1.29, 1.82) is 0 Å². The number of ether oxygens (including phenoxy) is 1. The molecule has 0 bridgehead atoms. The Morgan fingerprint density at radius 3 is 2.64 bits per heavy atom. The van der Waals surface area contributed by atoms with Crippen molar-refractivity contribution in [3.05, 3.63) is 75.8 Å². The minimum Gasteiger partial charge on any atom is -0.487 e. The number of carbonyl (C=O) groups excluding carboxylic acids is 1. The molecule has 3 heterocycles. The molecule has 2 N–H and O–H groups in total. The lowest BCUT2D eigenvalue weighted by atomic mass is 9.87. The zero-order chi connectivity index (χ0) is 19.7. The first-order valence-electron chi connectivity index (χ1n) is 9.30. The van der Waals surface area contributed by atoms with Gasteiger partial charge in [-0.25, -0.2) is 0 Å². The summed E-state index contributed by atoms with van der Waals surface area (Å²) in [5, 5.41) is 5.68. The lowest BCUT2D eigenvalue weighted by Crippen LogP contribution is -2.27. The third-order valence-electron chi connectivity index (χ3n) is 4.87. The van der Waals surface area contributed by atoms with Gasteiger partial charge in [-0.2, -0.15) is 0 Å². The predicted octanol–water partition coefficient (Wildman–Crippen LogP) is 3.21. The molecule has 0 aliphatic carbocycles. The highest BCUT2D eigenvalue weighted by Crippen LogP contribution is 2.36. The molecule has 1 amide bonds. The Kier molecular flexibility index (Phi) is 4.73. The van der Waals surface area contributed by atoms with Crippen LogP contribution in [0.15, 0.2) is 53.5 Å². The van der Waals surface area contributed by atoms with Crippen LogP contribution in [-0.2, 0) is 11.4 Å². The molecule has 0 saturated heterocycles. The number of nitrogens with one attached hydrogen (secondary N) is 2. The second-order valence-corrected chi connectivity index (χ2v) is 7.15. The van der Waals surface area contributed by atoms with Crippen LogP contribution in [0.2, 0.25) is 0 Å². The second kappa shape index (κ2) is 7.34. The third kappa shape index (κ3) is 3.43. The van der Waals surface area contributed by atoms with E-state index in [0.29, 0.717) is 23.7 Å². The van der Waals surface area contributed by atoms with Crippen molar-refractivity contribution in [2.45, 2.75) is 38.8 Å². The van der Waals surface area contributed by atoms with E-state index in [1.807, 2.05) is 56.3 Å². The van der Waals surface area contributed by atoms with E-state index in [9.17, 15) is 9.59 Å².